The van der Waals surface area contributed by atoms with Gasteiger partial charge in [0.1, 0.15) is 12.0 Å². The van der Waals surface area contributed by atoms with E-state index in [1.54, 1.807) is 61.5 Å². The second-order valence-corrected chi connectivity index (χ2v) is 9.82. The lowest BCUT2D eigenvalue weighted by Gasteiger charge is -2.35. The van der Waals surface area contributed by atoms with Crippen molar-refractivity contribution in [3.63, 3.8) is 0 Å². The van der Waals surface area contributed by atoms with Crippen molar-refractivity contribution in [2.75, 3.05) is 19.0 Å². The van der Waals surface area contributed by atoms with Crippen molar-refractivity contribution in [1.29, 1.82) is 0 Å². The van der Waals surface area contributed by atoms with Crippen LogP contribution in [-0.2, 0) is 4.79 Å². The highest BCUT2D eigenvalue weighted by Gasteiger charge is 2.47. The molecule has 8 heteroatoms. The van der Waals surface area contributed by atoms with E-state index in [2.05, 4.69) is 5.16 Å². The maximum atomic E-state index is 13.7. The molecule has 0 bridgehead atoms. The lowest BCUT2D eigenvalue weighted by atomic mass is 9.79. The third-order valence-corrected chi connectivity index (χ3v) is 7.27. The number of carbonyl (C=O) groups excluding carboxylic acids is 3. The van der Waals surface area contributed by atoms with E-state index in [0.717, 1.165) is 37.7 Å². The SMILES string of the molecule is CN(C)C(=O)c1ccc(C(=O)C2=C(O)C(=O)N(c3ccc(-c4ccon4)cc3)C2C2CCCCC2)cc1. The Balaban J connectivity index is 1.50. The van der Waals surface area contributed by atoms with E-state index in [1.807, 2.05) is 12.1 Å². The number of hydrogen-bond acceptors (Lipinski definition) is 6. The predicted octanol–water partition coefficient (Wildman–Crippen LogP) is 5.03. The highest BCUT2D eigenvalue weighted by Crippen LogP contribution is 2.41. The molecule has 1 aliphatic carbocycles. The quantitative estimate of drug-likeness (QED) is 0.477. The number of aliphatic hydroxyl groups excluding tert-OH is 1. The first-order valence-corrected chi connectivity index (χ1v) is 12.5. The van der Waals surface area contributed by atoms with Gasteiger partial charge in [-0.1, -0.05) is 48.7 Å². The van der Waals surface area contributed by atoms with Crippen LogP contribution in [0.2, 0.25) is 0 Å². The van der Waals surface area contributed by atoms with Crippen molar-refractivity contribution in [2.24, 2.45) is 5.92 Å². The Morgan fingerprint density at radius 2 is 1.59 bits per heavy atom. The summed E-state index contributed by atoms with van der Waals surface area (Å²) in [6, 6.07) is 14.8. The van der Waals surface area contributed by atoms with Crippen LogP contribution in [0.1, 0.15) is 52.8 Å². The molecule has 2 aliphatic rings. The van der Waals surface area contributed by atoms with Crippen molar-refractivity contribution in [3.05, 3.63) is 83.3 Å². The van der Waals surface area contributed by atoms with E-state index >= 15 is 0 Å². The number of carbonyl (C=O) groups is 3. The van der Waals surface area contributed by atoms with Gasteiger partial charge in [0.25, 0.3) is 11.8 Å². The first kappa shape index (κ1) is 24.5. The van der Waals surface area contributed by atoms with Gasteiger partial charge in [-0.15, -0.1) is 0 Å². The summed E-state index contributed by atoms with van der Waals surface area (Å²) < 4.78 is 4.93. The maximum absolute atomic E-state index is 13.7. The topological polar surface area (TPSA) is 104 Å². The number of Topliss-reactive ketones (excluding diaryl/α,β-unsaturated/α-hetero) is 1. The third-order valence-electron chi connectivity index (χ3n) is 7.27. The Morgan fingerprint density at radius 3 is 2.19 bits per heavy atom. The second-order valence-electron chi connectivity index (χ2n) is 9.82. The van der Waals surface area contributed by atoms with E-state index in [-0.39, 0.29) is 17.4 Å². The standard InChI is InChI=1S/C29H29N3O5/c1-31(2)28(35)21-10-8-20(9-11-21)26(33)24-25(19-6-4-3-5-7-19)32(29(36)27(24)34)22-14-12-18(13-15-22)23-16-17-37-30-23/h8-17,19,25,34H,3-7H2,1-2H3. The van der Waals surface area contributed by atoms with Crippen LogP contribution in [-0.4, -0.2) is 52.9 Å². The molecule has 2 heterocycles. The van der Waals surface area contributed by atoms with Gasteiger partial charge in [-0.2, -0.15) is 0 Å². The normalized spacial score (nSPS) is 18.4. The molecular weight excluding hydrogens is 470 g/mol. The summed E-state index contributed by atoms with van der Waals surface area (Å²) in [7, 11) is 3.33. The lowest BCUT2D eigenvalue weighted by molar-refractivity contribution is -0.117. The van der Waals surface area contributed by atoms with Crippen molar-refractivity contribution in [1.82, 2.24) is 10.1 Å². The molecule has 1 unspecified atom stereocenters. The molecule has 37 heavy (non-hydrogen) atoms. The second kappa shape index (κ2) is 10.0. The summed E-state index contributed by atoms with van der Waals surface area (Å²) in [6.45, 7) is 0. The van der Waals surface area contributed by atoms with Crippen LogP contribution in [0.4, 0.5) is 5.69 Å². The molecule has 190 valence electrons. The summed E-state index contributed by atoms with van der Waals surface area (Å²) in [5, 5.41) is 15.0. The average Bonchev–Trinajstić information content (AvgIpc) is 3.56. The van der Waals surface area contributed by atoms with Crippen molar-refractivity contribution >= 4 is 23.3 Å². The Labute approximate surface area is 215 Å². The van der Waals surface area contributed by atoms with Crippen LogP contribution in [0.5, 0.6) is 0 Å². The van der Waals surface area contributed by atoms with Gasteiger partial charge < -0.3 is 14.5 Å². The Morgan fingerprint density at radius 1 is 0.946 bits per heavy atom. The van der Waals surface area contributed by atoms with Gasteiger partial charge in [-0.3, -0.25) is 19.3 Å². The molecule has 0 saturated heterocycles. The van der Waals surface area contributed by atoms with Crippen LogP contribution in [0.3, 0.4) is 0 Å². The van der Waals surface area contributed by atoms with E-state index in [4.69, 9.17) is 4.52 Å². The molecule has 0 spiro atoms. The van der Waals surface area contributed by atoms with Crippen molar-refractivity contribution < 1.29 is 24.0 Å². The fourth-order valence-corrected chi connectivity index (χ4v) is 5.37. The zero-order valence-electron chi connectivity index (χ0n) is 20.9. The minimum Gasteiger partial charge on any atom is -0.503 e. The number of anilines is 1. The lowest BCUT2D eigenvalue weighted by Crippen LogP contribution is -2.42. The number of rotatable bonds is 6. The Hall–Kier alpha value is -4.20. The van der Waals surface area contributed by atoms with E-state index in [1.165, 1.54) is 11.2 Å². The van der Waals surface area contributed by atoms with Gasteiger partial charge in [0.2, 0.25) is 0 Å². The van der Waals surface area contributed by atoms with Crippen LogP contribution < -0.4 is 4.90 Å². The van der Waals surface area contributed by atoms with Crippen LogP contribution >= 0.6 is 0 Å². The van der Waals surface area contributed by atoms with Crippen molar-refractivity contribution in [2.45, 2.75) is 38.1 Å². The van der Waals surface area contributed by atoms with Gasteiger partial charge in [-0.05, 0) is 43.0 Å². The van der Waals surface area contributed by atoms with Gasteiger partial charge >= 0.3 is 0 Å². The van der Waals surface area contributed by atoms with Gasteiger partial charge in [0, 0.05) is 42.5 Å². The van der Waals surface area contributed by atoms with E-state index < -0.39 is 23.5 Å². The van der Waals surface area contributed by atoms with Gasteiger partial charge in [0.15, 0.2) is 11.5 Å². The number of aliphatic hydroxyl groups is 1. The first-order chi connectivity index (χ1) is 17.9. The smallest absolute Gasteiger partial charge is 0.294 e. The summed E-state index contributed by atoms with van der Waals surface area (Å²) in [4.78, 5) is 42.5. The molecule has 2 amide bonds. The molecular formula is C29H29N3O5. The molecule has 2 aromatic carbocycles. The largest absolute Gasteiger partial charge is 0.503 e. The van der Waals surface area contributed by atoms with E-state index in [0.29, 0.717) is 22.5 Å². The number of amides is 2. The minimum absolute atomic E-state index is 0.0473. The predicted molar refractivity (Wildman–Crippen MR) is 138 cm³/mol. The molecule has 1 aromatic heterocycles. The van der Waals surface area contributed by atoms with Gasteiger partial charge in [0.05, 0.1) is 11.6 Å². The van der Waals surface area contributed by atoms with Crippen LogP contribution in [0, 0.1) is 5.92 Å². The molecule has 3 aromatic rings. The van der Waals surface area contributed by atoms with Crippen LogP contribution in [0.15, 0.2) is 76.7 Å². The average molecular weight is 500 g/mol. The highest BCUT2D eigenvalue weighted by molar-refractivity contribution is 6.21. The number of hydrogen-bond donors (Lipinski definition) is 1. The van der Waals surface area contributed by atoms with E-state index in [9.17, 15) is 19.5 Å². The zero-order valence-corrected chi connectivity index (χ0v) is 20.9. The monoisotopic (exact) mass is 499 g/mol. The molecule has 0 radical (unpaired) electrons. The summed E-state index contributed by atoms with van der Waals surface area (Å²) >= 11 is 0. The van der Waals surface area contributed by atoms with Crippen molar-refractivity contribution in [3.8, 4) is 11.3 Å². The number of nitrogens with zero attached hydrogens (tertiary/aromatic N) is 3. The minimum atomic E-state index is -0.576. The Kier molecular flexibility index (Phi) is 6.65. The maximum Gasteiger partial charge on any atom is 0.294 e. The molecule has 1 fully saturated rings. The molecule has 5 rings (SSSR count). The first-order valence-electron chi connectivity index (χ1n) is 12.5. The molecule has 8 nitrogen and oxygen atoms in total. The van der Waals surface area contributed by atoms with Gasteiger partial charge in [-0.25, -0.2) is 0 Å². The summed E-state index contributed by atoms with van der Waals surface area (Å²) in [5.74, 6) is -1.60. The number of ketones is 1. The molecule has 1 aliphatic heterocycles. The highest BCUT2D eigenvalue weighted by atomic mass is 16.5. The molecule has 1 N–H and O–H groups in total. The third kappa shape index (κ3) is 4.55. The molecule has 1 atom stereocenters. The Bertz CT molecular complexity index is 1340. The van der Waals surface area contributed by atoms with Crippen LogP contribution in [0.25, 0.3) is 11.3 Å². The zero-order chi connectivity index (χ0) is 26.1. The number of aromatic nitrogens is 1. The molecule has 1 saturated carbocycles. The summed E-state index contributed by atoms with van der Waals surface area (Å²) in [5.41, 5.74) is 3.03. The fourth-order valence-electron chi connectivity index (χ4n) is 5.37. The summed E-state index contributed by atoms with van der Waals surface area (Å²) in [6.07, 6.45) is 6.37. The number of benzene rings is 2. The fraction of sp³-hybridized carbons (Fsp3) is 0.310.